The molecule has 2 rings (SSSR count). The minimum Gasteiger partial charge on any atom is -0.503 e. The van der Waals surface area contributed by atoms with Gasteiger partial charge in [-0.2, -0.15) is 5.10 Å². The van der Waals surface area contributed by atoms with Crippen LogP contribution in [0.2, 0.25) is 0 Å². The number of rotatable bonds is 6. The Morgan fingerprint density at radius 2 is 2.25 bits per heavy atom. The molecule has 2 aromatic rings. The van der Waals surface area contributed by atoms with Crippen LogP contribution < -0.4 is 15.5 Å². The number of methoxy groups -OCH3 is 1. The third-order valence-corrected chi connectivity index (χ3v) is 3.43. The standard InChI is InChI=1S/C15H14BrN3O5/c1-23-12-6-9(5-10(16)14(12)21)7-18-19-13(20)8-17-15(22)11-3-2-4-24-11/h2-7,21H,8H2,1H3,(H,17,22)(H,19,20). The molecule has 9 heteroatoms. The molecule has 0 bridgehead atoms. The maximum atomic E-state index is 11.6. The van der Waals surface area contributed by atoms with Gasteiger partial charge < -0.3 is 19.6 Å². The van der Waals surface area contributed by atoms with Crippen LogP contribution in [0.25, 0.3) is 0 Å². The Hall–Kier alpha value is -2.81. The van der Waals surface area contributed by atoms with Crippen molar-refractivity contribution in [2.75, 3.05) is 13.7 Å². The van der Waals surface area contributed by atoms with Crippen molar-refractivity contribution in [3.63, 3.8) is 0 Å². The van der Waals surface area contributed by atoms with Crippen molar-refractivity contribution in [3.8, 4) is 11.5 Å². The van der Waals surface area contributed by atoms with Gasteiger partial charge >= 0.3 is 0 Å². The summed E-state index contributed by atoms with van der Waals surface area (Å²) < 4.78 is 10.3. The van der Waals surface area contributed by atoms with E-state index in [2.05, 4.69) is 31.8 Å². The number of hydrogen-bond donors (Lipinski definition) is 3. The summed E-state index contributed by atoms with van der Waals surface area (Å²) in [4.78, 5) is 23.2. The first-order chi connectivity index (χ1) is 11.5. The fraction of sp³-hybridized carbons (Fsp3) is 0.133. The lowest BCUT2D eigenvalue weighted by Crippen LogP contribution is -2.34. The van der Waals surface area contributed by atoms with Crippen LogP contribution >= 0.6 is 15.9 Å². The second kappa shape index (κ2) is 8.16. The molecule has 0 atom stereocenters. The largest absolute Gasteiger partial charge is 0.503 e. The number of halogens is 1. The summed E-state index contributed by atoms with van der Waals surface area (Å²) in [5, 5.41) is 15.9. The normalized spacial score (nSPS) is 10.6. The molecule has 0 saturated carbocycles. The predicted molar refractivity (Wildman–Crippen MR) is 89.1 cm³/mol. The molecule has 0 radical (unpaired) electrons. The molecule has 0 saturated heterocycles. The number of ether oxygens (including phenoxy) is 1. The van der Waals surface area contributed by atoms with Gasteiger partial charge in [0.2, 0.25) is 0 Å². The van der Waals surface area contributed by atoms with Crippen LogP contribution in [0, 0.1) is 0 Å². The zero-order chi connectivity index (χ0) is 17.5. The molecule has 1 aromatic carbocycles. The lowest BCUT2D eigenvalue weighted by atomic mass is 10.2. The van der Waals surface area contributed by atoms with E-state index in [0.29, 0.717) is 10.0 Å². The Morgan fingerprint density at radius 3 is 2.92 bits per heavy atom. The van der Waals surface area contributed by atoms with Crippen LogP contribution in [0.3, 0.4) is 0 Å². The van der Waals surface area contributed by atoms with Crippen molar-refractivity contribution in [2.24, 2.45) is 5.10 Å². The Kier molecular flexibility index (Phi) is 5.96. The van der Waals surface area contributed by atoms with E-state index < -0.39 is 11.8 Å². The Balaban J connectivity index is 1.86. The number of benzene rings is 1. The third-order valence-electron chi connectivity index (χ3n) is 2.83. The van der Waals surface area contributed by atoms with Crippen LogP contribution in [0.1, 0.15) is 16.1 Å². The highest BCUT2D eigenvalue weighted by Crippen LogP contribution is 2.34. The number of aromatic hydroxyl groups is 1. The highest BCUT2D eigenvalue weighted by molar-refractivity contribution is 9.10. The smallest absolute Gasteiger partial charge is 0.287 e. The zero-order valence-corrected chi connectivity index (χ0v) is 14.2. The molecule has 126 valence electrons. The minimum atomic E-state index is -0.504. The topological polar surface area (TPSA) is 113 Å². The van der Waals surface area contributed by atoms with E-state index >= 15 is 0 Å². The number of amides is 2. The summed E-state index contributed by atoms with van der Waals surface area (Å²) in [5.74, 6) is -0.642. The Bertz CT molecular complexity index is 759. The van der Waals surface area contributed by atoms with Crippen molar-refractivity contribution >= 4 is 34.0 Å². The van der Waals surface area contributed by atoms with Crippen molar-refractivity contribution in [1.29, 1.82) is 0 Å². The summed E-state index contributed by atoms with van der Waals surface area (Å²) >= 11 is 3.18. The number of phenols is 1. The molecular weight excluding hydrogens is 382 g/mol. The van der Waals surface area contributed by atoms with E-state index in [4.69, 9.17) is 9.15 Å². The number of carbonyl (C=O) groups is 2. The van der Waals surface area contributed by atoms with Gasteiger partial charge in [-0.1, -0.05) is 0 Å². The number of carbonyl (C=O) groups excluding carboxylic acids is 2. The molecule has 0 aliphatic carbocycles. The molecule has 0 unspecified atom stereocenters. The molecule has 2 amide bonds. The van der Waals surface area contributed by atoms with E-state index in [1.165, 1.54) is 25.7 Å². The van der Waals surface area contributed by atoms with Gasteiger partial charge in [-0.3, -0.25) is 9.59 Å². The molecule has 0 spiro atoms. The number of phenolic OH excluding ortho intramolecular Hbond substituents is 1. The van der Waals surface area contributed by atoms with Gasteiger partial charge in [0.25, 0.3) is 11.8 Å². The zero-order valence-electron chi connectivity index (χ0n) is 12.6. The molecule has 0 fully saturated rings. The molecule has 8 nitrogen and oxygen atoms in total. The van der Waals surface area contributed by atoms with Gasteiger partial charge in [0.05, 0.1) is 30.6 Å². The molecular formula is C15H14BrN3O5. The van der Waals surface area contributed by atoms with Gasteiger partial charge in [0.1, 0.15) is 0 Å². The number of nitrogens with zero attached hydrogens (tertiary/aromatic N) is 1. The van der Waals surface area contributed by atoms with Crippen LogP contribution in [0.15, 0.2) is 44.5 Å². The highest BCUT2D eigenvalue weighted by atomic mass is 79.9. The van der Waals surface area contributed by atoms with Crippen LogP contribution in [-0.4, -0.2) is 36.8 Å². The Morgan fingerprint density at radius 1 is 1.46 bits per heavy atom. The maximum Gasteiger partial charge on any atom is 0.287 e. The number of furan rings is 1. The molecule has 0 aliphatic rings. The number of hydrazone groups is 1. The Labute approximate surface area is 145 Å². The molecule has 3 N–H and O–H groups in total. The average Bonchev–Trinajstić information content (AvgIpc) is 3.10. The van der Waals surface area contributed by atoms with Gasteiger partial charge in [0, 0.05) is 0 Å². The summed E-state index contributed by atoms with van der Waals surface area (Å²) in [6.07, 6.45) is 2.74. The van der Waals surface area contributed by atoms with Gasteiger partial charge in [-0.05, 0) is 45.8 Å². The monoisotopic (exact) mass is 395 g/mol. The number of hydrogen-bond acceptors (Lipinski definition) is 6. The van der Waals surface area contributed by atoms with E-state index in [1.54, 1.807) is 18.2 Å². The first-order valence-corrected chi connectivity index (χ1v) is 7.50. The van der Waals surface area contributed by atoms with Crippen molar-refractivity contribution in [2.45, 2.75) is 0 Å². The van der Waals surface area contributed by atoms with Crippen molar-refractivity contribution < 1.29 is 23.8 Å². The maximum absolute atomic E-state index is 11.6. The summed E-state index contributed by atoms with van der Waals surface area (Å²) in [7, 11) is 1.42. The first kappa shape index (κ1) is 17.5. The van der Waals surface area contributed by atoms with Gasteiger partial charge in [0.15, 0.2) is 17.3 Å². The molecule has 24 heavy (non-hydrogen) atoms. The minimum absolute atomic E-state index is 0.0284. The molecule has 1 aromatic heterocycles. The first-order valence-electron chi connectivity index (χ1n) is 6.71. The predicted octanol–water partition coefficient (Wildman–Crippen LogP) is 1.64. The van der Waals surface area contributed by atoms with E-state index in [1.807, 2.05) is 0 Å². The summed E-state index contributed by atoms with van der Waals surface area (Å²) in [6.45, 7) is -0.251. The molecule has 1 heterocycles. The van der Waals surface area contributed by atoms with Crippen LogP contribution in [0.5, 0.6) is 11.5 Å². The van der Waals surface area contributed by atoms with E-state index in [-0.39, 0.29) is 23.8 Å². The van der Waals surface area contributed by atoms with Crippen LogP contribution in [-0.2, 0) is 4.79 Å². The fourth-order valence-corrected chi connectivity index (χ4v) is 2.16. The van der Waals surface area contributed by atoms with Crippen molar-refractivity contribution in [1.82, 2.24) is 10.7 Å². The van der Waals surface area contributed by atoms with Gasteiger partial charge in [-0.15, -0.1) is 0 Å². The lowest BCUT2D eigenvalue weighted by Gasteiger charge is -2.06. The summed E-state index contributed by atoms with van der Waals surface area (Å²) in [5.41, 5.74) is 2.86. The highest BCUT2D eigenvalue weighted by Gasteiger charge is 2.10. The van der Waals surface area contributed by atoms with E-state index in [9.17, 15) is 14.7 Å². The fourth-order valence-electron chi connectivity index (χ4n) is 1.70. The quantitative estimate of drug-likeness (QED) is 0.508. The average molecular weight is 396 g/mol. The SMILES string of the molecule is COc1cc(C=NNC(=O)CNC(=O)c2ccco2)cc(Br)c1O. The van der Waals surface area contributed by atoms with Crippen LogP contribution in [0.4, 0.5) is 0 Å². The summed E-state index contributed by atoms with van der Waals surface area (Å²) in [6, 6.07) is 6.21. The van der Waals surface area contributed by atoms with E-state index in [0.717, 1.165) is 0 Å². The second-order valence-electron chi connectivity index (χ2n) is 4.51. The lowest BCUT2D eigenvalue weighted by molar-refractivity contribution is -0.120. The number of nitrogens with one attached hydrogen (secondary N) is 2. The third kappa shape index (κ3) is 4.59. The van der Waals surface area contributed by atoms with Crippen molar-refractivity contribution in [3.05, 3.63) is 46.3 Å². The van der Waals surface area contributed by atoms with Gasteiger partial charge in [-0.25, -0.2) is 5.43 Å². The molecule has 0 aliphatic heterocycles. The second-order valence-corrected chi connectivity index (χ2v) is 5.36.